The summed E-state index contributed by atoms with van der Waals surface area (Å²) >= 11 is 0. The lowest BCUT2D eigenvalue weighted by Crippen LogP contribution is -2.26. The van der Waals surface area contributed by atoms with Crippen LogP contribution in [0.1, 0.15) is 64.1 Å². The molecule has 2 N–H and O–H groups in total. The second kappa shape index (κ2) is 7.44. The van der Waals surface area contributed by atoms with E-state index in [-0.39, 0.29) is 0 Å². The molecule has 0 bridgehead atoms. The summed E-state index contributed by atoms with van der Waals surface area (Å²) in [4.78, 5) is 12.0. The third-order valence-corrected chi connectivity index (χ3v) is 5.54. The maximum Gasteiger partial charge on any atom is 0.352 e. The molecule has 0 spiro atoms. The molecule has 4 nitrogen and oxygen atoms in total. The number of carboxylic acids is 1. The number of nitrogens with one attached hydrogen (secondary N) is 1. The maximum absolute atomic E-state index is 12.0. The number of nitrogens with zero attached hydrogens (tertiary/aromatic N) is 1. The van der Waals surface area contributed by atoms with Crippen molar-refractivity contribution in [1.29, 1.82) is 0 Å². The molecule has 0 unspecified atom stereocenters. The topological polar surface area (TPSA) is 54.3 Å². The smallest absolute Gasteiger partial charge is 0.352 e. The molecule has 134 valence electrons. The number of aromatic nitrogens is 1. The molecule has 1 saturated carbocycles. The fraction of sp³-hybridized carbons (Fsp3) is 0.476. The van der Waals surface area contributed by atoms with Gasteiger partial charge < -0.3 is 15.0 Å². The summed E-state index contributed by atoms with van der Waals surface area (Å²) < 4.78 is 1.95. The quantitative estimate of drug-likeness (QED) is 0.829. The molecule has 0 radical (unpaired) electrons. The molecule has 0 amide bonds. The molecule has 1 heterocycles. The van der Waals surface area contributed by atoms with Gasteiger partial charge in [0.05, 0.1) is 0 Å². The van der Waals surface area contributed by atoms with E-state index in [1.54, 1.807) is 0 Å². The van der Waals surface area contributed by atoms with Gasteiger partial charge in [0.15, 0.2) is 0 Å². The molecule has 1 aromatic carbocycles. The van der Waals surface area contributed by atoms with Crippen LogP contribution in [0.4, 0.5) is 0 Å². The van der Waals surface area contributed by atoms with Crippen LogP contribution >= 0.6 is 0 Å². The van der Waals surface area contributed by atoms with E-state index in [1.165, 1.54) is 31.2 Å². The van der Waals surface area contributed by atoms with Crippen LogP contribution in [0.25, 0.3) is 0 Å². The average molecular weight is 340 g/mol. The molecule has 0 atom stereocenters. The van der Waals surface area contributed by atoms with Gasteiger partial charge in [-0.05, 0) is 44.7 Å². The molecule has 0 saturated heterocycles. The van der Waals surface area contributed by atoms with Gasteiger partial charge in [-0.25, -0.2) is 4.79 Å². The van der Waals surface area contributed by atoms with Gasteiger partial charge in [0.2, 0.25) is 0 Å². The molecule has 3 rings (SSSR count). The van der Waals surface area contributed by atoms with E-state index in [9.17, 15) is 9.90 Å². The second-order valence-electron chi connectivity index (χ2n) is 7.28. The van der Waals surface area contributed by atoms with Crippen molar-refractivity contribution in [3.8, 4) is 0 Å². The van der Waals surface area contributed by atoms with Crippen LogP contribution in [0.2, 0.25) is 0 Å². The van der Waals surface area contributed by atoms with Crippen LogP contribution in [0.5, 0.6) is 0 Å². The zero-order valence-corrected chi connectivity index (χ0v) is 15.4. The number of aryl methyl sites for hydroxylation is 1. The first-order valence-electron chi connectivity index (χ1n) is 9.18. The number of rotatable bonds is 6. The lowest BCUT2D eigenvalue weighted by atomic mass is 10.1. The van der Waals surface area contributed by atoms with Crippen LogP contribution in [-0.2, 0) is 13.1 Å². The van der Waals surface area contributed by atoms with Crippen molar-refractivity contribution in [2.24, 2.45) is 0 Å². The van der Waals surface area contributed by atoms with Crippen molar-refractivity contribution in [2.75, 3.05) is 0 Å². The molecule has 25 heavy (non-hydrogen) atoms. The van der Waals surface area contributed by atoms with Gasteiger partial charge in [0.25, 0.3) is 0 Å². The number of benzene rings is 1. The van der Waals surface area contributed by atoms with Crippen LogP contribution < -0.4 is 5.32 Å². The summed E-state index contributed by atoms with van der Waals surface area (Å²) in [6.07, 6.45) is 4.95. The molecule has 2 aromatic rings. The minimum absolute atomic E-state index is 0.432. The second-order valence-corrected chi connectivity index (χ2v) is 7.28. The Morgan fingerprint density at radius 1 is 1.16 bits per heavy atom. The Kier molecular flexibility index (Phi) is 5.28. The first kappa shape index (κ1) is 17.7. The van der Waals surface area contributed by atoms with Gasteiger partial charge in [-0.2, -0.15) is 0 Å². The van der Waals surface area contributed by atoms with Crippen molar-refractivity contribution in [3.05, 3.63) is 57.9 Å². The summed E-state index contributed by atoms with van der Waals surface area (Å²) in [5, 5.41) is 13.4. The van der Waals surface area contributed by atoms with E-state index in [0.717, 1.165) is 22.4 Å². The maximum atomic E-state index is 12.0. The van der Waals surface area contributed by atoms with E-state index in [2.05, 4.69) is 36.5 Å². The highest BCUT2D eigenvalue weighted by atomic mass is 16.4. The highest BCUT2D eigenvalue weighted by Gasteiger charge is 2.24. The monoisotopic (exact) mass is 340 g/mol. The van der Waals surface area contributed by atoms with Crippen molar-refractivity contribution >= 4 is 5.97 Å². The lowest BCUT2D eigenvalue weighted by Gasteiger charge is -2.13. The zero-order valence-electron chi connectivity index (χ0n) is 15.4. The standard InChI is InChI=1S/C21H28N2O2/c1-14-8-10-17(11-9-14)13-23-16(3)15(2)19(20(23)21(24)25)12-22-18-6-4-5-7-18/h8-11,18,22H,4-7,12-13H2,1-3H3,(H,24,25). The molecular weight excluding hydrogens is 312 g/mol. The van der Waals surface area contributed by atoms with E-state index in [0.29, 0.717) is 24.8 Å². The number of carbonyl (C=O) groups is 1. The summed E-state index contributed by atoms with van der Waals surface area (Å²) in [5.41, 5.74) is 5.84. The lowest BCUT2D eigenvalue weighted by molar-refractivity contribution is 0.0683. The Balaban J connectivity index is 1.89. The first-order chi connectivity index (χ1) is 12.0. The average Bonchev–Trinajstić information content (AvgIpc) is 3.17. The molecule has 0 aliphatic heterocycles. The largest absolute Gasteiger partial charge is 0.477 e. The minimum atomic E-state index is -0.841. The van der Waals surface area contributed by atoms with Crippen molar-refractivity contribution in [3.63, 3.8) is 0 Å². The van der Waals surface area contributed by atoms with E-state index >= 15 is 0 Å². The van der Waals surface area contributed by atoms with Gasteiger partial charge in [-0.3, -0.25) is 0 Å². The van der Waals surface area contributed by atoms with Crippen LogP contribution in [0.15, 0.2) is 24.3 Å². The van der Waals surface area contributed by atoms with Crippen LogP contribution in [-0.4, -0.2) is 21.7 Å². The van der Waals surface area contributed by atoms with Crippen LogP contribution in [0.3, 0.4) is 0 Å². The number of carboxylic acid groups (broad SMARTS) is 1. The fourth-order valence-corrected chi connectivity index (χ4v) is 3.84. The number of hydrogen-bond donors (Lipinski definition) is 2. The van der Waals surface area contributed by atoms with Gasteiger partial charge in [-0.1, -0.05) is 42.7 Å². The van der Waals surface area contributed by atoms with Crippen molar-refractivity contribution in [1.82, 2.24) is 9.88 Å². The Bertz CT molecular complexity index is 753. The Hall–Kier alpha value is -2.07. The SMILES string of the molecule is Cc1ccc(Cn2c(C)c(C)c(CNC3CCCC3)c2C(=O)O)cc1. The number of hydrogen-bond acceptors (Lipinski definition) is 2. The summed E-state index contributed by atoms with van der Waals surface area (Å²) in [7, 11) is 0. The highest BCUT2D eigenvalue weighted by molar-refractivity contribution is 5.88. The molecule has 1 fully saturated rings. The summed E-state index contributed by atoms with van der Waals surface area (Å²) in [6, 6.07) is 8.83. The Labute approximate surface area is 149 Å². The molecule has 1 aliphatic rings. The van der Waals surface area contributed by atoms with E-state index in [4.69, 9.17) is 0 Å². The molecule has 1 aromatic heterocycles. The van der Waals surface area contributed by atoms with Gasteiger partial charge in [0.1, 0.15) is 5.69 Å². The Morgan fingerprint density at radius 3 is 2.40 bits per heavy atom. The molecule has 4 heteroatoms. The predicted molar refractivity (Wildman–Crippen MR) is 100 cm³/mol. The van der Waals surface area contributed by atoms with E-state index < -0.39 is 5.97 Å². The third kappa shape index (κ3) is 3.79. The predicted octanol–water partition coefficient (Wildman–Crippen LogP) is 4.19. The van der Waals surface area contributed by atoms with E-state index in [1.807, 2.05) is 18.4 Å². The fourth-order valence-electron chi connectivity index (χ4n) is 3.84. The highest BCUT2D eigenvalue weighted by Crippen LogP contribution is 2.25. The van der Waals surface area contributed by atoms with Gasteiger partial charge in [0, 0.05) is 30.4 Å². The normalized spacial score (nSPS) is 15.0. The summed E-state index contributed by atoms with van der Waals surface area (Å²) in [6.45, 7) is 7.36. The number of aromatic carboxylic acids is 1. The van der Waals surface area contributed by atoms with Crippen molar-refractivity contribution in [2.45, 2.75) is 65.6 Å². The van der Waals surface area contributed by atoms with Gasteiger partial charge in [-0.15, -0.1) is 0 Å². The molecule has 1 aliphatic carbocycles. The molecular formula is C21H28N2O2. The Morgan fingerprint density at radius 2 is 1.80 bits per heavy atom. The first-order valence-corrected chi connectivity index (χ1v) is 9.18. The van der Waals surface area contributed by atoms with Gasteiger partial charge >= 0.3 is 5.97 Å². The van der Waals surface area contributed by atoms with Crippen LogP contribution in [0, 0.1) is 20.8 Å². The third-order valence-electron chi connectivity index (χ3n) is 5.54. The van der Waals surface area contributed by atoms with Crippen molar-refractivity contribution < 1.29 is 9.90 Å². The minimum Gasteiger partial charge on any atom is -0.477 e. The zero-order chi connectivity index (χ0) is 18.0. The summed E-state index contributed by atoms with van der Waals surface area (Å²) in [5.74, 6) is -0.841.